The molecule has 0 saturated carbocycles. The van der Waals surface area contributed by atoms with Crippen molar-refractivity contribution in [1.82, 2.24) is 0 Å². The highest BCUT2D eigenvalue weighted by molar-refractivity contribution is 5.88. The van der Waals surface area contributed by atoms with Crippen molar-refractivity contribution in [3.8, 4) is 0 Å². The highest BCUT2D eigenvalue weighted by Crippen LogP contribution is 2.11. The van der Waals surface area contributed by atoms with Gasteiger partial charge in [-0.15, -0.1) is 0 Å². The molecule has 0 aliphatic carbocycles. The molecule has 0 radical (unpaired) electrons. The quantitative estimate of drug-likeness (QED) is 0.563. The van der Waals surface area contributed by atoms with Gasteiger partial charge in [-0.1, -0.05) is 52.0 Å². The van der Waals surface area contributed by atoms with E-state index in [1.54, 1.807) is 39.8 Å². The van der Waals surface area contributed by atoms with Gasteiger partial charge >= 0.3 is 11.9 Å². The molecule has 4 nitrogen and oxygen atoms in total. The second-order valence-corrected chi connectivity index (χ2v) is 4.55. The zero-order chi connectivity index (χ0) is 14.3. The third kappa shape index (κ3) is 5.48. The van der Waals surface area contributed by atoms with Crippen molar-refractivity contribution in [1.29, 1.82) is 0 Å². The summed E-state index contributed by atoms with van der Waals surface area (Å²) in [5.41, 5.74) is 0.585. The smallest absolute Gasteiger partial charge is 0.331 e. The molecule has 100 valence electrons. The van der Waals surface area contributed by atoms with E-state index in [0.29, 0.717) is 11.1 Å². The van der Waals surface area contributed by atoms with Crippen LogP contribution in [0.3, 0.4) is 0 Å². The van der Waals surface area contributed by atoms with Crippen molar-refractivity contribution in [2.45, 2.75) is 27.7 Å². The lowest BCUT2D eigenvalue weighted by Crippen LogP contribution is -2.06. The van der Waals surface area contributed by atoms with Crippen LogP contribution in [0.2, 0.25) is 0 Å². The molecule has 0 bridgehead atoms. The number of rotatable bonds is 6. The van der Waals surface area contributed by atoms with Crippen LogP contribution in [0.4, 0.5) is 0 Å². The van der Waals surface area contributed by atoms with Gasteiger partial charge in [-0.25, -0.2) is 9.59 Å². The lowest BCUT2D eigenvalue weighted by atomic mass is 10.0. The van der Waals surface area contributed by atoms with Crippen LogP contribution < -0.4 is 0 Å². The molecule has 0 saturated heterocycles. The van der Waals surface area contributed by atoms with Gasteiger partial charge in [0, 0.05) is 11.1 Å². The van der Waals surface area contributed by atoms with E-state index in [-0.39, 0.29) is 11.8 Å². The van der Waals surface area contributed by atoms with Crippen molar-refractivity contribution in [3.63, 3.8) is 0 Å². The van der Waals surface area contributed by atoms with Crippen LogP contribution in [0.1, 0.15) is 27.7 Å². The Labute approximate surface area is 107 Å². The summed E-state index contributed by atoms with van der Waals surface area (Å²) in [5, 5.41) is 17.8. The van der Waals surface area contributed by atoms with Crippen LogP contribution in [0.5, 0.6) is 0 Å². The number of hydrogen-bond donors (Lipinski definition) is 2. The fourth-order valence-electron chi connectivity index (χ4n) is 1.34. The first-order chi connectivity index (χ1) is 8.27. The molecule has 0 aromatic carbocycles. The summed E-state index contributed by atoms with van der Waals surface area (Å²) >= 11 is 0. The lowest BCUT2D eigenvalue weighted by Gasteiger charge is -2.04. The maximum absolute atomic E-state index is 10.9. The summed E-state index contributed by atoms with van der Waals surface area (Å²) in [6.45, 7) is 7.17. The highest BCUT2D eigenvalue weighted by Gasteiger charge is 2.11. The van der Waals surface area contributed by atoms with Gasteiger partial charge in [-0.05, 0) is 11.8 Å². The molecule has 18 heavy (non-hydrogen) atoms. The van der Waals surface area contributed by atoms with Crippen molar-refractivity contribution in [3.05, 3.63) is 35.5 Å². The summed E-state index contributed by atoms with van der Waals surface area (Å²) in [4.78, 5) is 21.7. The van der Waals surface area contributed by atoms with Crippen LogP contribution in [0.25, 0.3) is 0 Å². The molecule has 0 spiro atoms. The summed E-state index contributed by atoms with van der Waals surface area (Å²) < 4.78 is 0. The molecule has 0 aromatic rings. The van der Waals surface area contributed by atoms with Crippen molar-refractivity contribution in [2.24, 2.45) is 11.8 Å². The number of carbonyl (C=O) groups is 2. The molecule has 0 heterocycles. The Morgan fingerprint density at radius 1 is 0.778 bits per heavy atom. The molecule has 0 atom stereocenters. The van der Waals surface area contributed by atoms with Gasteiger partial charge in [-0.3, -0.25) is 0 Å². The van der Waals surface area contributed by atoms with E-state index in [9.17, 15) is 9.59 Å². The van der Waals surface area contributed by atoms with E-state index in [2.05, 4.69) is 0 Å². The molecule has 4 heteroatoms. The Hall–Kier alpha value is -1.84. The van der Waals surface area contributed by atoms with Crippen LogP contribution in [0, 0.1) is 11.8 Å². The summed E-state index contributed by atoms with van der Waals surface area (Å²) in [6, 6.07) is 0. The van der Waals surface area contributed by atoms with E-state index in [0.717, 1.165) is 0 Å². The van der Waals surface area contributed by atoms with Gasteiger partial charge in [0.1, 0.15) is 0 Å². The van der Waals surface area contributed by atoms with Gasteiger partial charge < -0.3 is 10.2 Å². The first-order valence-electron chi connectivity index (χ1n) is 5.82. The predicted molar refractivity (Wildman–Crippen MR) is 70.3 cm³/mol. The standard InChI is InChI=1S/C14H20O4/c1-9(2)11(13(15)16)7-5-6-8-12(10(3)4)14(17)18/h5-10H,1-4H3,(H,15,16)(H,17,18). The van der Waals surface area contributed by atoms with Crippen molar-refractivity contribution >= 4 is 11.9 Å². The number of hydrogen-bond acceptors (Lipinski definition) is 2. The number of allylic oxidation sites excluding steroid dienone is 4. The molecular weight excluding hydrogens is 232 g/mol. The highest BCUT2D eigenvalue weighted by atomic mass is 16.4. The van der Waals surface area contributed by atoms with E-state index >= 15 is 0 Å². The lowest BCUT2D eigenvalue weighted by molar-refractivity contribution is -0.134. The Morgan fingerprint density at radius 3 is 1.22 bits per heavy atom. The third-order valence-corrected chi connectivity index (χ3v) is 2.40. The molecule has 0 unspecified atom stereocenters. The number of carboxylic acid groups (broad SMARTS) is 2. The molecule has 0 aromatic heterocycles. The SMILES string of the molecule is CC(C)C(=CC=CC=C(C(=O)O)C(C)C)C(=O)O. The van der Waals surface area contributed by atoms with Gasteiger partial charge in [-0.2, -0.15) is 0 Å². The van der Waals surface area contributed by atoms with Crippen molar-refractivity contribution in [2.75, 3.05) is 0 Å². The molecule has 0 aliphatic heterocycles. The zero-order valence-corrected chi connectivity index (χ0v) is 11.2. The van der Waals surface area contributed by atoms with E-state index in [1.807, 2.05) is 0 Å². The van der Waals surface area contributed by atoms with Gasteiger partial charge in [0.2, 0.25) is 0 Å². The van der Waals surface area contributed by atoms with Gasteiger partial charge in [0.15, 0.2) is 0 Å². The second kappa shape index (κ2) is 7.48. The minimum Gasteiger partial charge on any atom is -0.478 e. The summed E-state index contributed by atoms with van der Waals surface area (Å²) in [5.74, 6) is -2.08. The fourth-order valence-corrected chi connectivity index (χ4v) is 1.34. The molecule has 0 fully saturated rings. The maximum Gasteiger partial charge on any atom is 0.331 e. The van der Waals surface area contributed by atoms with Gasteiger partial charge in [0.05, 0.1) is 0 Å². The van der Waals surface area contributed by atoms with Crippen molar-refractivity contribution < 1.29 is 19.8 Å². The monoisotopic (exact) mass is 252 g/mol. The van der Waals surface area contributed by atoms with Gasteiger partial charge in [0.25, 0.3) is 0 Å². The molecule has 2 N–H and O–H groups in total. The predicted octanol–water partition coefficient (Wildman–Crippen LogP) is 2.88. The normalized spacial score (nSPS) is 13.7. The third-order valence-electron chi connectivity index (χ3n) is 2.40. The van der Waals surface area contributed by atoms with E-state index in [4.69, 9.17) is 10.2 Å². The van der Waals surface area contributed by atoms with E-state index in [1.165, 1.54) is 12.2 Å². The zero-order valence-electron chi connectivity index (χ0n) is 11.2. The average molecular weight is 252 g/mol. The minimum atomic E-state index is -0.957. The Morgan fingerprint density at radius 2 is 1.06 bits per heavy atom. The Balaban J connectivity index is 4.95. The van der Waals surface area contributed by atoms with E-state index < -0.39 is 11.9 Å². The van der Waals surface area contributed by atoms with Crippen LogP contribution in [0.15, 0.2) is 35.5 Å². The first kappa shape index (κ1) is 16.2. The maximum atomic E-state index is 10.9. The fraction of sp³-hybridized carbons (Fsp3) is 0.429. The largest absolute Gasteiger partial charge is 0.478 e. The Bertz CT molecular complexity index is 360. The molecular formula is C14H20O4. The number of carboxylic acids is 2. The van der Waals surface area contributed by atoms with Crippen LogP contribution >= 0.6 is 0 Å². The number of aliphatic carboxylic acids is 2. The minimum absolute atomic E-state index is 0.0832. The topological polar surface area (TPSA) is 74.6 Å². The average Bonchev–Trinajstić information content (AvgIpc) is 2.20. The molecule has 0 aliphatic rings. The van der Waals surface area contributed by atoms with Crippen LogP contribution in [-0.4, -0.2) is 22.2 Å². The first-order valence-corrected chi connectivity index (χ1v) is 5.82. The second-order valence-electron chi connectivity index (χ2n) is 4.55. The van der Waals surface area contributed by atoms with Crippen LogP contribution in [-0.2, 0) is 9.59 Å². The molecule has 0 amide bonds. The molecule has 0 rings (SSSR count). The summed E-state index contributed by atoms with van der Waals surface area (Å²) in [7, 11) is 0. The Kier molecular flexibility index (Phi) is 6.71. The summed E-state index contributed by atoms with van der Waals surface area (Å²) in [6.07, 6.45) is 6.08.